The van der Waals surface area contributed by atoms with Crippen molar-refractivity contribution < 1.29 is 14.4 Å². The number of amides is 2. The lowest BCUT2D eigenvalue weighted by molar-refractivity contribution is -0.134. The Balaban J connectivity index is 0.815. The molecule has 0 radical (unpaired) electrons. The van der Waals surface area contributed by atoms with Crippen LogP contribution in [0.5, 0.6) is 0 Å². The zero-order chi connectivity index (χ0) is 38.1. The van der Waals surface area contributed by atoms with Crippen LogP contribution in [0.15, 0.2) is 53.6 Å². The lowest BCUT2D eigenvalue weighted by Gasteiger charge is -2.42. The predicted molar refractivity (Wildman–Crippen MR) is 212 cm³/mol. The molecule has 4 aromatic rings. The third-order valence-corrected chi connectivity index (χ3v) is 12.7. The molecule has 1 atom stereocenters. The summed E-state index contributed by atoms with van der Waals surface area (Å²) < 4.78 is 1.74. The predicted octanol–water partition coefficient (Wildman–Crippen LogP) is 5.96. The SMILES string of the molecule is CC(=O)c1c(C)c2cnc(Nc3ccc(C4CCN(C5CCN(CCc6ccc(C7CCC(=O)NC7=O)cc6)CC5)CC4)cn3)nc2n(C2CCCC2)c1=O. The minimum Gasteiger partial charge on any atom is -0.309 e. The van der Waals surface area contributed by atoms with Crippen LogP contribution >= 0.6 is 0 Å². The van der Waals surface area contributed by atoms with Gasteiger partial charge in [-0.3, -0.25) is 29.1 Å². The summed E-state index contributed by atoms with van der Waals surface area (Å²) in [6.45, 7) is 8.75. The Morgan fingerprint density at radius 3 is 2.24 bits per heavy atom. The van der Waals surface area contributed by atoms with Crippen LogP contribution in [0.2, 0.25) is 0 Å². The summed E-state index contributed by atoms with van der Waals surface area (Å²) in [6.07, 6.45) is 14.2. The highest BCUT2D eigenvalue weighted by Gasteiger charge is 2.30. The summed E-state index contributed by atoms with van der Waals surface area (Å²) in [5.41, 5.74) is 4.72. The number of hydrogen-bond donors (Lipinski definition) is 2. The van der Waals surface area contributed by atoms with Gasteiger partial charge in [-0.25, -0.2) is 9.97 Å². The number of carbonyl (C=O) groups excluding carboxylic acids is 3. The normalized spacial score (nSPS) is 20.9. The van der Waals surface area contributed by atoms with Crippen LogP contribution in [-0.2, 0) is 16.0 Å². The highest BCUT2D eigenvalue weighted by Crippen LogP contribution is 2.33. The average molecular weight is 745 g/mol. The zero-order valence-corrected chi connectivity index (χ0v) is 32.1. The lowest BCUT2D eigenvalue weighted by Crippen LogP contribution is -2.47. The molecule has 4 fully saturated rings. The number of ketones is 1. The topological polar surface area (TPSA) is 142 Å². The second kappa shape index (κ2) is 16.1. The molecule has 2 amide bonds. The van der Waals surface area contributed by atoms with Gasteiger partial charge in [0.2, 0.25) is 17.8 Å². The van der Waals surface area contributed by atoms with E-state index in [-0.39, 0.29) is 40.7 Å². The Bertz CT molecular complexity index is 2110. The van der Waals surface area contributed by atoms with E-state index in [0.29, 0.717) is 47.8 Å². The van der Waals surface area contributed by atoms with Gasteiger partial charge in [-0.1, -0.05) is 43.2 Å². The van der Waals surface area contributed by atoms with Crippen LogP contribution in [0.1, 0.15) is 122 Å². The Kier molecular flexibility index (Phi) is 10.9. The largest absolute Gasteiger partial charge is 0.309 e. The van der Waals surface area contributed by atoms with Crippen molar-refractivity contribution in [2.45, 2.75) is 108 Å². The summed E-state index contributed by atoms with van der Waals surface area (Å²) >= 11 is 0. The smallest absolute Gasteiger partial charge is 0.263 e. The van der Waals surface area contributed by atoms with Crippen LogP contribution in [0, 0.1) is 6.92 Å². The van der Waals surface area contributed by atoms with E-state index in [0.717, 1.165) is 88.6 Å². The molecule has 8 rings (SSSR count). The molecule has 1 aromatic carbocycles. The van der Waals surface area contributed by atoms with Crippen LogP contribution in [0.4, 0.5) is 11.8 Å². The molecule has 55 heavy (non-hydrogen) atoms. The molecule has 1 aliphatic carbocycles. The number of anilines is 2. The molecular weight excluding hydrogens is 693 g/mol. The van der Waals surface area contributed by atoms with Gasteiger partial charge in [0.1, 0.15) is 11.5 Å². The molecule has 3 aliphatic heterocycles. The molecule has 0 spiro atoms. The first-order valence-electron chi connectivity index (χ1n) is 20.3. The Morgan fingerprint density at radius 2 is 1.56 bits per heavy atom. The third kappa shape index (κ3) is 7.98. The van der Waals surface area contributed by atoms with E-state index in [9.17, 15) is 19.2 Å². The fourth-order valence-corrected chi connectivity index (χ4v) is 9.47. The van der Waals surface area contributed by atoms with E-state index < -0.39 is 0 Å². The molecule has 12 heteroatoms. The number of pyridine rings is 2. The summed E-state index contributed by atoms with van der Waals surface area (Å²) in [6, 6.07) is 13.2. The third-order valence-electron chi connectivity index (χ3n) is 12.7. The van der Waals surface area contributed by atoms with E-state index in [2.05, 4.69) is 55.7 Å². The van der Waals surface area contributed by atoms with Crippen LogP contribution < -0.4 is 16.2 Å². The summed E-state index contributed by atoms with van der Waals surface area (Å²) in [7, 11) is 0. The molecule has 3 aromatic heterocycles. The molecule has 1 unspecified atom stereocenters. The molecule has 6 heterocycles. The van der Waals surface area contributed by atoms with Crippen molar-refractivity contribution in [1.29, 1.82) is 0 Å². The van der Waals surface area contributed by atoms with Gasteiger partial charge in [0.15, 0.2) is 5.78 Å². The van der Waals surface area contributed by atoms with Gasteiger partial charge in [-0.05, 0) is 126 Å². The van der Waals surface area contributed by atoms with E-state index in [1.54, 1.807) is 10.8 Å². The summed E-state index contributed by atoms with van der Waals surface area (Å²) in [5.74, 6) is 0.714. The highest BCUT2D eigenvalue weighted by atomic mass is 16.2. The minimum atomic E-state index is -0.252. The Labute approximate surface area is 322 Å². The summed E-state index contributed by atoms with van der Waals surface area (Å²) in [5, 5.41) is 6.45. The molecular formula is C43H52N8O4. The molecule has 2 N–H and O–H groups in total. The van der Waals surface area contributed by atoms with Gasteiger partial charge < -0.3 is 15.1 Å². The van der Waals surface area contributed by atoms with Crippen molar-refractivity contribution in [2.24, 2.45) is 0 Å². The molecule has 4 aliphatic rings. The number of nitrogens with one attached hydrogen (secondary N) is 2. The highest BCUT2D eigenvalue weighted by molar-refractivity contribution is 6.01. The fourth-order valence-electron chi connectivity index (χ4n) is 9.47. The maximum absolute atomic E-state index is 13.6. The number of imide groups is 1. The van der Waals surface area contributed by atoms with Crippen LogP contribution in [0.3, 0.4) is 0 Å². The number of carbonyl (C=O) groups is 3. The quantitative estimate of drug-likeness (QED) is 0.148. The summed E-state index contributed by atoms with van der Waals surface area (Å²) in [4.78, 5) is 69.2. The first-order chi connectivity index (χ1) is 26.7. The first-order valence-corrected chi connectivity index (χ1v) is 20.3. The standard InChI is InChI=1S/C43H52N8O4/c1-27-36-26-45-43(48-40(36)51(34-5-3-4-6-34)42(55)39(27)28(2)52)46-37-13-11-32(25-44-37)30-16-23-50(24-17-30)33-18-21-49(22-19-33)20-15-29-7-9-31(10-8-29)35-12-14-38(53)47-41(35)54/h7-11,13,25-26,30,33-35H,3-6,12,14-24H2,1-2H3,(H,47,53,54)(H,44,45,46,48). The van der Waals surface area contributed by atoms with Crippen LogP contribution in [-0.4, -0.2) is 85.7 Å². The van der Waals surface area contributed by atoms with Crippen molar-refractivity contribution in [2.75, 3.05) is 38.0 Å². The number of benzene rings is 1. The second-order valence-electron chi connectivity index (χ2n) is 16.1. The van der Waals surface area contributed by atoms with Crippen molar-refractivity contribution in [1.82, 2.24) is 34.6 Å². The Hall–Kier alpha value is -4.81. The maximum atomic E-state index is 13.6. The van der Waals surface area contributed by atoms with Gasteiger partial charge in [0, 0.05) is 42.8 Å². The lowest BCUT2D eigenvalue weighted by atomic mass is 9.88. The van der Waals surface area contributed by atoms with Crippen molar-refractivity contribution in [3.05, 3.63) is 87.0 Å². The maximum Gasteiger partial charge on any atom is 0.263 e. The molecule has 1 saturated carbocycles. The Morgan fingerprint density at radius 1 is 0.836 bits per heavy atom. The van der Waals surface area contributed by atoms with E-state index in [1.165, 1.54) is 30.9 Å². The number of piperidine rings is 3. The van der Waals surface area contributed by atoms with Crippen molar-refractivity contribution in [3.8, 4) is 0 Å². The zero-order valence-electron chi connectivity index (χ0n) is 32.1. The van der Waals surface area contributed by atoms with E-state index in [1.807, 2.05) is 19.2 Å². The average Bonchev–Trinajstić information content (AvgIpc) is 3.73. The minimum absolute atomic E-state index is 0.0322. The van der Waals surface area contributed by atoms with E-state index in [4.69, 9.17) is 9.97 Å². The van der Waals surface area contributed by atoms with Gasteiger partial charge in [-0.2, -0.15) is 4.98 Å². The molecule has 12 nitrogen and oxygen atoms in total. The number of hydrogen-bond acceptors (Lipinski definition) is 10. The van der Waals surface area contributed by atoms with E-state index >= 15 is 0 Å². The number of Topliss-reactive ketones (excluding diaryl/α,β-unsaturated/α-hetero) is 1. The number of likely N-dealkylation sites (tertiary alicyclic amines) is 2. The monoisotopic (exact) mass is 744 g/mol. The molecule has 288 valence electrons. The van der Waals surface area contributed by atoms with Gasteiger partial charge >= 0.3 is 0 Å². The number of rotatable bonds is 10. The van der Waals surface area contributed by atoms with Gasteiger partial charge in [0.05, 0.1) is 11.5 Å². The molecule has 0 bridgehead atoms. The van der Waals surface area contributed by atoms with Gasteiger partial charge in [-0.15, -0.1) is 0 Å². The first kappa shape index (κ1) is 37.1. The van der Waals surface area contributed by atoms with Gasteiger partial charge in [0.25, 0.3) is 5.56 Å². The second-order valence-corrected chi connectivity index (χ2v) is 16.1. The fraction of sp³-hybridized carbons (Fsp3) is 0.512. The number of aryl methyl sites for hydroxylation is 1. The number of nitrogens with zero attached hydrogens (tertiary/aromatic N) is 6. The van der Waals surface area contributed by atoms with Crippen LogP contribution in [0.25, 0.3) is 11.0 Å². The molecule has 3 saturated heterocycles. The van der Waals surface area contributed by atoms with Crippen molar-refractivity contribution >= 4 is 40.4 Å². The number of fused-ring (bicyclic) bond motifs is 1. The number of aromatic nitrogens is 4. The van der Waals surface area contributed by atoms with Crippen molar-refractivity contribution in [3.63, 3.8) is 0 Å².